The average Bonchev–Trinajstić information content (AvgIpc) is 2.55. The summed E-state index contributed by atoms with van der Waals surface area (Å²) in [6.45, 7) is 18.5. The van der Waals surface area contributed by atoms with Crippen molar-refractivity contribution in [2.24, 2.45) is 10.9 Å². The highest BCUT2D eigenvalue weighted by molar-refractivity contribution is 5.79. The van der Waals surface area contributed by atoms with E-state index < -0.39 is 0 Å². The zero-order chi connectivity index (χ0) is 17.9. The van der Waals surface area contributed by atoms with Crippen molar-refractivity contribution >= 4 is 5.96 Å². The number of ether oxygens (including phenoxy) is 1. The molecule has 1 rings (SSSR count). The van der Waals surface area contributed by atoms with E-state index in [1.54, 1.807) is 0 Å². The van der Waals surface area contributed by atoms with Crippen molar-refractivity contribution in [2.45, 2.75) is 46.7 Å². The fourth-order valence-corrected chi connectivity index (χ4v) is 2.79. The third kappa shape index (κ3) is 7.81. The molecule has 2 N–H and O–H groups in total. The molecule has 0 bridgehead atoms. The molecule has 0 spiro atoms. The number of morpholine rings is 1. The molecule has 6 nitrogen and oxygen atoms in total. The molecule has 1 fully saturated rings. The summed E-state index contributed by atoms with van der Waals surface area (Å²) in [5.74, 6) is 1.51. The molecule has 1 unspecified atom stereocenters. The van der Waals surface area contributed by atoms with Crippen molar-refractivity contribution in [1.82, 2.24) is 20.4 Å². The van der Waals surface area contributed by atoms with Crippen LogP contribution in [0.1, 0.15) is 34.6 Å². The monoisotopic (exact) mass is 341 g/mol. The van der Waals surface area contributed by atoms with Gasteiger partial charge in [0.1, 0.15) is 0 Å². The Balaban J connectivity index is 2.54. The highest BCUT2D eigenvalue weighted by Crippen LogP contribution is 2.13. The first kappa shape index (κ1) is 21.2. The van der Waals surface area contributed by atoms with Gasteiger partial charge in [-0.1, -0.05) is 13.8 Å². The molecule has 0 aromatic carbocycles. The summed E-state index contributed by atoms with van der Waals surface area (Å²) in [5, 5.41) is 6.82. The van der Waals surface area contributed by atoms with Crippen molar-refractivity contribution in [2.75, 3.05) is 59.5 Å². The maximum Gasteiger partial charge on any atom is 0.191 e. The number of likely N-dealkylation sites (N-methyl/N-ethyl adjacent to an activating group) is 1. The van der Waals surface area contributed by atoms with E-state index in [1.165, 1.54) is 0 Å². The van der Waals surface area contributed by atoms with Crippen LogP contribution in [0.2, 0.25) is 0 Å². The highest BCUT2D eigenvalue weighted by Gasteiger charge is 2.23. The summed E-state index contributed by atoms with van der Waals surface area (Å²) >= 11 is 0. The van der Waals surface area contributed by atoms with Crippen molar-refractivity contribution in [3.05, 3.63) is 0 Å². The highest BCUT2D eigenvalue weighted by atomic mass is 16.5. The van der Waals surface area contributed by atoms with Gasteiger partial charge in [-0.3, -0.25) is 9.89 Å². The molecule has 0 aromatic rings. The quantitative estimate of drug-likeness (QED) is 0.488. The van der Waals surface area contributed by atoms with Gasteiger partial charge in [-0.2, -0.15) is 0 Å². The Labute approximate surface area is 149 Å². The SMILES string of the molecule is CCNC(=NCC(C(C)C)N1CCOCC1)NCCN(C)C(C)C. The third-order valence-electron chi connectivity index (χ3n) is 4.70. The Kier molecular flexibility index (Phi) is 10.3. The number of nitrogens with one attached hydrogen (secondary N) is 2. The van der Waals surface area contributed by atoms with Gasteiger partial charge in [-0.25, -0.2) is 0 Å². The summed E-state index contributed by atoms with van der Waals surface area (Å²) in [4.78, 5) is 9.70. The van der Waals surface area contributed by atoms with E-state index in [9.17, 15) is 0 Å². The van der Waals surface area contributed by atoms with Gasteiger partial charge in [-0.05, 0) is 33.7 Å². The van der Waals surface area contributed by atoms with Crippen LogP contribution in [0.15, 0.2) is 4.99 Å². The fourth-order valence-electron chi connectivity index (χ4n) is 2.79. The van der Waals surface area contributed by atoms with Crippen LogP contribution in [-0.2, 0) is 4.74 Å². The maximum absolute atomic E-state index is 5.48. The molecule has 24 heavy (non-hydrogen) atoms. The lowest BCUT2D eigenvalue weighted by Crippen LogP contribution is -2.48. The summed E-state index contributed by atoms with van der Waals surface area (Å²) in [5.41, 5.74) is 0. The molecule has 1 aliphatic heterocycles. The topological polar surface area (TPSA) is 52.1 Å². The number of guanidine groups is 1. The Morgan fingerprint density at radius 3 is 2.38 bits per heavy atom. The largest absolute Gasteiger partial charge is 0.379 e. The van der Waals surface area contributed by atoms with E-state index in [0.717, 1.165) is 58.4 Å². The molecule has 0 radical (unpaired) electrons. The molecule has 0 amide bonds. The third-order valence-corrected chi connectivity index (χ3v) is 4.70. The normalized spacial score (nSPS) is 18.5. The van der Waals surface area contributed by atoms with Gasteiger partial charge in [0.25, 0.3) is 0 Å². The first-order chi connectivity index (χ1) is 11.5. The van der Waals surface area contributed by atoms with Crippen LogP contribution in [0, 0.1) is 5.92 Å². The molecule has 0 aliphatic carbocycles. The first-order valence-corrected chi connectivity index (χ1v) is 9.49. The smallest absolute Gasteiger partial charge is 0.191 e. The Bertz CT molecular complexity index is 353. The fraction of sp³-hybridized carbons (Fsp3) is 0.944. The zero-order valence-electron chi connectivity index (χ0n) is 16.6. The average molecular weight is 342 g/mol. The molecule has 1 heterocycles. The minimum Gasteiger partial charge on any atom is -0.379 e. The van der Waals surface area contributed by atoms with Crippen molar-refractivity contribution in [3.8, 4) is 0 Å². The van der Waals surface area contributed by atoms with Gasteiger partial charge in [0.2, 0.25) is 0 Å². The molecular weight excluding hydrogens is 302 g/mol. The second-order valence-electron chi connectivity index (χ2n) is 7.18. The van der Waals surface area contributed by atoms with Crippen LogP contribution in [-0.4, -0.2) is 87.4 Å². The van der Waals surface area contributed by atoms with E-state index in [-0.39, 0.29) is 0 Å². The summed E-state index contributed by atoms with van der Waals surface area (Å²) in [7, 11) is 2.16. The first-order valence-electron chi connectivity index (χ1n) is 9.49. The minimum absolute atomic E-state index is 0.475. The molecule has 142 valence electrons. The van der Waals surface area contributed by atoms with Crippen molar-refractivity contribution < 1.29 is 4.74 Å². The summed E-state index contributed by atoms with van der Waals surface area (Å²) in [6.07, 6.45) is 0. The van der Waals surface area contributed by atoms with Crippen LogP contribution in [0.4, 0.5) is 0 Å². The Morgan fingerprint density at radius 2 is 1.83 bits per heavy atom. The van der Waals surface area contributed by atoms with Crippen molar-refractivity contribution in [3.63, 3.8) is 0 Å². The molecule has 0 aromatic heterocycles. The second kappa shape index (κ2) is 11.7. The predicted octanol–water partition coefficient (Wildman–Crippen LogP) is 1.24. The number of nitrogens with zero attached hydrogens (tertiary/aromatic N) is 3. The van der Waals surface area contributed by atoms with Crippen LogP contribution >= 0.6 is 0 Å². The lowest BCUT2D eigenvalue weighted by Gasteiger charge is -2.36. The second-order valence-corrected chi connectivity index (χ2v) is 7.18. The predicted molar refractivity (Wildman–Crippen MR) is 103 cm³/mol. The molecule has 6 heteroatoms. The minimum atomic E-state index is 0.475. The van der Waals surface area contributed by atoms with Gasteiger partial charge < -0.3 is 20.3 Å². The van der Waals surface area contributed by atoms with Crippen LogP contribution in [0.3, 0.4) is 0 Å². The number of hydrogen-bond acceptors (Lipinski definition) is 4. The van der Waals surface area contributed by atoms with E-state index in [1.807, 2.05) is 0 Å². The van der Waals surface area contributed by atoms with Gasteiger partial charge in [0.05, 0.1) is 19.8 Å². The molecular formula is C18H39N5O. The van der Waals surface area contributed by atoms with Gasteiger partial charge in [0, 0.05) is 44.8 Å². The van der Waals surface area contributed by atoms with Gasteiger partial charge >= 0.3 is 0 Å². The van der Waals surface area contributed by atoms with Crippen LogP contribution < -0.4 is 10.6 Å². The molecule has 1 atom stereocenters. The van der Waals surface area contributed by atoms with Crippen LogP contribution in [0.5, 0.6) is 0 Å². The van der Waals surface area contributed by atoms with E-state index in [4.69, 9.17) is 9.73 Å². The molecule has 0 saturated carbocycles. The Morgan fingerprint density at radius 1 is 1.17 bits per heavy atom. The van der Waals surface area contributed by atoms with E-state index in [0.29, 0.717) is 18.0 Å². The van der Waals surface area contributed by atoms with Crippen LogP contribution in [0.25, 0.3) is 0 Å². The number of hydrogen-bond donors (Lipinski definition) is 2. The standard InChI is InChI=1S/C18H39N5O/c1-7-19-18(20-8-9-22(6)16(4)5)21-14-17(15(2)3)23-10-12-24-13-11-23/h15-17H,7-14H2,1-6H3,(H2,19,20,21). The van der Waals surface area contributed by atoms with Gasteiger partial charge in [0.15, 0.2) is 5.96 Å². The maximum atomic E-state index is 5.48. The summed E-state index contributed by atoms with van der Waals surface area (Å²) in [6, 6.07) is 1.04. The lowest BCUT2D eigenvalue weighted by atomic mass is 10.0. The van der Waals surface area contributed by atoms with Gasteiger partial charge in [-0.15, -0.1) is 0 Å². The van der Waals surface area contributed by atoms with E-state index >= 15 is 0 Å². The Hall–Kier alpha value is -0.850. The molecule has 1 aliphatic rings. The number of rotatable bonds is 9. The number of aliphatic imine (C=N–C) groups is 1. The summed E-state index contributed by atoms with van der Waals surface area (Å²) < 4.78 is 5.48. The molecule has 1 saturated heterocycles. The zero-order valence-corrected chi connectivity index (χ0v) is 16.6. The lowest BCUT2D eigenvalue weighted by molar-refractivity contribution is 0.00867. The van der Waals surface area contributed by atoms with Crippen molar-refractivity contribution in [1.29, 1.82) is 0 Å². The van der Waals surface area contributed by atoms with E-state index in [2.05, 4.69) is 62.1 Å².